The van der Waals surface area contributed by atoms with Crippen molar-refractivity contribution in [3.8, 4) is 11.1 Å². The zero-order chi connectivity index (χ0) is 28.8. The van der Waals surface area contributed by atoms with Crippen LogP contribution >= 0.6 is 11.3 Å². The highest BCUT2D eigenvalue weighted by atomic mass is 32.1. The van der Waals surface area contributed by atoms with E-state index >= 15 is 0 Å². The minimum Gasteiger partial charge on any atom is -0.490 e. The number of benzene rings is 4. The molecule has 10 rings (SSSR count). The molecule has 4 aliphatic carbocycles. The Kier molecular flexibility index (Phi) is 5.93. The van der Waals surface area contributed by atoms with E-state index in [1.54, 1.807) is 5.57 Å². The fourth-order valence-corrected chi connectivity index (χ4v) is 11.8. The molecule has 0 bridgehead atoms. The van der Waals surface area contributed by atoms with Crippen LogP contribution in [0.1, 0.15) is 69.3 Å². The molecule has 5 aromatic rings. The van der Waals surface area contributed by atoms with E-state index in [4.69, 9.17) is 4.74 Å². The lowest BCUT2D eigenvalue weighted by Gasteiger charge is -2.56. The van der Waals surface area contributed by atoms with Gasteiger partial charge in [-0.25, -0.2) is 0 Å². The monoisotopic (exact) mass is 592 g/mol. The molecule has 7 unspecified atom stereocenters. The average Bonchev–Trinajstić information content (AvgIpc) is 3.47. The van der Waals surface area contributed by atoms with Crippen LogP contribution in [0, 0.1) is 29.6 Å². The van der Waals surface area contributed by atoms with Crippen LogP contribution in [-0.4, -0.2) is 6.10 Å². The van der Waals surface area contributed by atoms with Crippen LogP contribution in [0.2, 0.25) is 0 Å². The molecule has 7 atom stereocenters. The Balaban J connectivity index is 0.952. The third kappa shape index (κ3) is 3.96. The summed E-state index contributed by atoms with van der Waals surface area (Å²) in [6.07, 6.45) is 17.8. The smallest absolute Gasteiger partial charge is 0.118 e. The molecule has 3 fully saturated rings. The van der Waals surface area contributed by atoms with Gasteiger partial charge in [0.05, 0.1) is 0 Å². The fraction of sp³-hybridized carbons (Fsp3) is 0.381. The number of ether oxygens (including phenoxy) is 1. The van der Waals surface area contributed by atoms with Crippen LogP contribution < -0.4 is 0 Å². The zero-order valence-corrected chi connectivity index (χ0v) is 26.2. The third-order valence-corrected chi connectivity index (χ3v) is 13.7. The van der Waals surface area contributed by atoms with E-state index in [9.17, 15) is 0 Å². The van der Waals surface area contributed by atoms with Crippen molar-refractivity contribution in [3.63, 3.8) is 0 Å². The number of thiophene rings is 1. The van der Waals surface area contributed by atoms with Gasteiger partial charge in [0.15, 0.2) is 0 Å². The van der Waals surface area contributed by atoms with Crippen molar-refractivity contribution < 1.29 is 4.74 Å². The maximum Gasteiger partial charge on any atom is 0.118 e. The van der Waals surface area contributed by atoms with Gasteiger partial charge in [-0.15, -0.1) is 11.3 Å². The van der Waals surface area contributed by atoms with Crippen LogP contribution in [0.4, 0.5) is 0 Å². The molecule has 4 aromatic carbocycles. The van der Waals surface area contributed by atoms with Crippen molar-refractivity contribution in [2.75, 3.05) is 0 Å². The van der Waals surface area contributed by atoms with Crippen molar-refractivity contribution in [3.05, 3.63) is 108 Å². The lowest BCUT2D eigenvalue weighted by atomic mass is 9.52. The quantitative estimate of drug-likeness (QED) is 0.198. The largest absolute Gasteiger partial charge is 0.490 e. The van der Waals surface area contributed by atoms with Gasteiger partial charge in [0.25, 0.3) is 0 Å². The molecular weight excluding hydrogens is 553 g/mol. The predicted molar refractivity (Wildman–Crippen MR) is 185 cm³/mol. The Bertz CT molecular complexity index is 1990. The first-order valence-electron chi connectivity index (χ1n) is 17.3. The standard InChI is InChI=1S/C42H40OS/c1-2-8-31-29(7-1)24-39-41-34(31)11-6-12-35(41)37-23-28(19-20-38(37)43-39)26-15-16-27-22-30(18-17-25(27)21-26)32-10-5-13-36-33-9-3-4-14-40(33)44-42(32)36/h3-5,9-10,13-22,28-29,31,34-35,39,41H,1-2,6-8,11-12,23-24H2. The van der Waals surface area contributed by atoms with Gasteiger partial charge in [-0.1, -0.05) is 98.5 Å². The lowest BCUT2D eigenvalue weighted by molar-refractivity contribution is -0.107. The molecule has 1 aliphatic heterocycles. The van der Waals surface area contributed by atoms with Gasteiger partial charge in [-0.05, 0) is 107 Å². The first-order valence-corrected chi connectivity index (χ1v) is 18.1. The van der Waals surface area contributed by atoms with Gasteiger partial charge in [0.2, 0.25) is 0 Å². The molecule has 3 saturated carbocycles. The van der Waals surface area contributed by atoms with Gasteiger partial charge < -0.3 is 4.74 Å². The molecule has 5 aliphatic rings. The van der Waals surface area contributed by atoms with Crippen molar-refractivity contribution in [2.24, 2.45) is 29.6 Å². The average molecular weight is 593 g/mol. The summed E-state index contributed by atoms with van der Waals surface area (Å²) in [5.74, 6) is 6.02. The number of allylic oxidation sites excluding steroid dienone is 3. The van der Waals surface area contributed by atoms with Gasteiger partial charge in [-0.3, -0.25) is 0 Å². The van der Waals surface area contributed by atoms with Crippen LogP contribution in [0.15, 0.2) is 102 Å². The Hall–Kier alpha value is -3.36. The second-order valence-electron chi connectivity index (χ2n) is 14.5. The van der Waals surface area contributed by atoms with Gasteiger partial charge in [0, 0.05) is 32.0 Å². The zero-order valence-electron chi connectivity index (χ0n) is 25.4. The summed E-state index contributed by atoms with van der Waals surface area (Å²) >= 11 is 1.92. The van der Waals surface area contributed by atoms with E-state index in [1.165, 1.54) is 105 Å². The van der Waals surface area contributed by atoms with E-state index in [-0.39, 0.29) is 0 Å². The molecule has 0 saturated heterocycles. The van der Waals surface area contributed by atoms with Gasteiger partial charge >= 0.3 is 0 Å². The Morgan fingerprint density at radius 1 is 0.727 bits per heavy atom. The highest BCUT2D eigenvalue weighted by molar-refractivity contribution is 7.26. The summed E-state index contributed by atoms with van der Waals surface area (Å²) < 4.78 is 9.69. The normalized spacial score (nSPS) is 31.0. The van der Waals surface area contributed by atoms with Crippen molar-refractivity contribution >= 4 is 42.3 Å². The maximum absolute atomic E-state index is 6.93. The molecule has 1 nitrogen and oxygen atoms in total. The lowest BCUT2D eigenvalue weighted by Crippen LogP contribution is -2.52. The number of hydrogen-bond donors (Lipinski definition) is 0. The molecular formula is C42H40OS. The number of fused-ring (bicyclic) bond motifs is 7. The number of rotatable bonds is 2. The van der Waals surface area contributed by atoms with Crippen LogP contribution in [0.5, 0.6) is 0 Å². The Morgan fingerprint density at radius 2 is 1.59 bits per heavy atom. The predicted octanol–water partition coefficient (Wildman–Crippen LogP) is 11.8. The molecule has 44 heavy (non-hydrogen) atoms. The van der Waals surface area contributed by atoms with Gasteiger partial charge in [0.1, 0.15) is 11.9 Å². The minimum atomic E-state index is 0.441. The number of hydrogen-bond acceptors (Lipinski definition) is 2. The fourth-order valence-electron chi connectivity index (χ4n) is 10.6. The molecule has 0 spiro atoms. The first-order chi connectivity index (χ1) is 21.8. The molecule has 0 radical (unpaired) electrons. The van der Waals surface area contributed by atoms with E-state index in [0.29, 0.717) is 12.0 Å². The Morgan fingerprint density at radius 3 is 2.59 bits per heavy atom. The highest BCUT2D eigenvalue weighted by Gasteiger charge is 2.53. The van der Waals surface area contributed by atoms with E-state index in [0.717, 1.165) is 36.0 Å². The molecule has 2 heterocycles. The van der Waals surface area contributed by atoms with Crippen LogP contribution in [0.3, 0.4) is 0 Å². The van der Waals surface area contributed by atoms with E-state index in [1.807, 2.05) is 11.3 Å². The molecule has 220 valence electrons. The molecule has 1 aromatic heterocycles. The molecule has 0 N–H and O–H groups in total. The van der Waals surface area contributed by atoms with Gasteiger partial charge in [-0.2, -0.15) is 0 Å². The Labute approximate surface area is 264 Å². The second-order valence-corrected chi connectivity index (χ2v) is 15.6. The summed E-state index contributed by atoms with van der Waals surface area (Å²) in [5, 5.41) is 5.40. The minimum absolute atomic E-state index is 0.441. The second kappa shape index (κ2) is 10.1. The molecule has 2 heteroatoms. The third-order valence-electron chi connectivity index (χ3n) is 12.5. The van der Waals surface area contributed by atoms with E-state index in [2.05, 4.69) is 91.0 Å². The maximum atomic E-state index is 6.93. The van der Waals surface area contributed by atoms with Crippen molar-refractivity contribution in [2.45, 2.75) is 69.8 Å². The SMILES string of the molecule is C1=CC(c2ccc3cc(-c4cccc5c4sc4ccccc45)ccc3c2)CC2=C1OC1CC3CCCCC3C3CCCC2C13. The van der Waals surface area contributed by atoms with Crippen LogP contribution in [0.25, 0.3) is 42.1 Å². The van der Waals surface area contributed by atoms with Crippen molar-refractivity contribution in [1.29, 1.82) is 0 Å². The first kappa shape index (κ1) is 25.9. The highest BCUT2D eigenvalue weighted by Crippen LogP contribution is 2.59. The summed E-state index contributed by atoms with van der Waals surface area (Å²) in [4.78, 5) is 0. The van der Waals surface area contributed by atoms with Crippen LogP contribution in [-0.2, 0) is 4.74 Å². The summed E-state index contributed by atoms with van der Waals surface area (Å²) in [6.45, 7) is 0. The molecule has 0 amide bonds. The topological polar surface area (TPSA) is 9.23 Å². The van der Waals surface area contributed by atoms with Crippen molar-refractivity contribution in [1.82, 2.24) is 0 Å². The summed E-state index contributed by atoms with van der Waals surface area (Å²) in [5.41, 5.74) is 5.76. The van der Waals surface area contributed by atoms with E-state index < -0.39 is 0 Å². The summed E-state index contributed by atoms with van der Waals surface area (Å²) in [7, 11) is 0. The summed E-state index contributed by atoms with van der Waals surface area (Å²) in [6, 6.07) is 29.9.